The predicted octanol–water partition coefficient (Wildman–Crippen LogP) is 2.73. The van der Waals surface area contributed by atoms with Crippen LogP contribution in [0.2, 0.25) is 0 Å². The molecule has 2 N–H and O–H groups in total. The van der Waals surface area contributed by atoms with E-state index in [1.807, 2.05) is 31.5 Å². The lowest BCUT2D eigenvalue weighted by molar-refractivity contribution is -0.173. The lowest BCUT2D eigenvalue weighted by Gasteiger charge is -2.27. The second kappa shape index (κ2) is 7.22. The highest BCUT2D eigenvalue weighted by atomic mass is 32.1. The molecule has 21 heavy (non-hydrogen) atoms. The summed E-state index contributed by atoms with van der Waals surface area (Å²) in [4.78, 5) is 15.1. The zero-order chi connectivity index (χ0) is 16.1. The van der Waals surface area contributed by atoms with E-state index in [1.54, 1.807) is 11.3 Å². The molecular weight excluding hydrogens is 303 g/mol. The quantitative estimate of drug-likeness (QED) is 0.759. The van der Waals surface area contributed by atoms with Gasteiger partial charge >= 0.3 is 12.1 Å². The van der Waals surface area contributed by atoms with Crippen LogP contribution in [0.5, 0.6) is 0 Å². The zero-order valence-corrected chi connectivity index (χ0v) is 13.1. The molecule has 0 fully saturated rings. The molecule has 1 atom stereocenters. The van der Waals surface area contributed by atoms with Crippen molar-refractivity contribution >= 4 is 17.2 Å². The summed E-state index contributed by atoms with van der Waals surface area (Å²) in [5, 5.41) is 8.08. The molecule has 0 saturated heterocycles. The number of nitrogens with zero attached hydrogens (tertiary/aromatic N) is 1. The maximum Gasteiger partial charge on any atom is 0.471 e. The highest BCUT2D eigenvalue weighted by Crippen LogP contribution is 2.27. The number of carbonyl (C=O) groups is 1. The van der Waals surface area contributed by atoms with Gasteiger partial charge in [-0.2, -0.15) is 13.2 Å². The Labute approximate surface area is 126 Å². The fourth-order valence-electron chi connectivity index (χ4n) is 1.71. The fourth-order valence-corrected chi connectivity index (χ4v) is 2.72. The van der Waals surface area contributed by atoms with E-state index < -0.39 is 12.1 Å². The number of aromatic nitrogens is 1. The molecule has 1 amide bonds. The van der Waals surface area contributed by atoms with Gasteiger partial charge in [-0.25, -0.2) is 4.98 Å². The molecule has 1 aromatic rings. The van der Waals surface area contributed by atoms with E-state index in [1.165, 1.54) is 0 Å². The minimum Gasteiger partial charge on any atom is -0.348 e. The molecular formula is C13H20F3N3OS. The highest BCUT2D eigenvalue weighted by molar-refractivity contribution is 7.09. The molecule has 4 nitrogen and oxygen atoms in total. The van der Waals surface area contributed by atoms with Crippen molar-refractivity contribution in [2.24, 2.45) is 0 Å². The van der Waals surface area contributed by atoms with Gasteiger partial charge < -0.3 is 10.6 Å². The van der Waals surface area contributed by atoms with Crippen molar-refractivity contribution in [3.05, 3.63) is 16.1 Å². The van der Waals surface area contributed by atoms with Crippen LogP contribution in [0.25, 0.3) is 0 Å². The fraction of sp³-hybridized carbons (Fsp3) is 0.692. The first-order valence-corrected chi connectivity index (χ1v) is 7.59. The van der Waals surface area contributed by atoms with Gasteiger partial charge in [0, 0.05) is 17.6 Å². The maximum atomic E-state index is 12.0. The molecule has 0 bridgehead atoms. The van der Waals surface area contributed by atoms with Gasteiger partial charge in [-0.15, -0.1) is 11.3 Å². The van der Waals surface area contributed by atoms with Crippen molar-refractivity contribution in [1.82, 2.24) is 15.6 Å². The van der Waals surface area contributed by atoms with E-state index in [-0.39, 0.29) is 12.1 Å². The summed E-state index contributed by atoms with van der Waals surface area (Å²) in [5.74, 6) is -1.89. The van der Waals surface area contributed by atoms with Crippen LogP contribution < -0.4 is 10.6 Å². The van der Waals surface area contributed by atoms with Crippen LogP contribution in [0, 0.1) is 6.92 Å². The van der Waals surface area contributed by atoms with Crippen molar-refractivity contribution in [3.8, 4) is 0 Å². The topological polar surface area (TPSA) is 54.0 Å². The Hall–Kier alpha value is -1.15. The van der Waals surface area contributed by atoms with E-state index in [0.717, 1.165) is 17.1 Å². The summed E-state index contributed by atoms with van der Waals surface area (Å²) in [6.45, 7) is 6.45. The largest absolute Gasteiger partial charge is 0.471 e. The highest BCUT2D eigenvalue weighted by Gasteiger charge is 2.38. The number of amides is 1. The van der Waals surface area contributed by atoms with Gasteiger partial charge in [-0.3, -0.25) is 4.79 Å². The van der Waals surface area contributed by atoms with Gasteiger partial charge in [0.05, 0.1) is 5.54 Å². The van der Waals surface area contributed by atoms with Gasteiger partial charge in [0.2, 0.25) is 0 Å². The standard InChI is InChI=1S/C13H20F3N3OS/c1-4-12(3,11-19-9(2)8-21-11)18-7-5-6-17-10(20)13(14,15)16/h8,18H,4-7H2,1-3H3,(H,17,20)/t12-/m0/s1. The molecule has 0 aliphatic carbocycles. The van der Waals surface area contributed by atoms with Crippen molar-refractivity contribution < 1.29 is 18.0 Å². The van der Waals surface area contributed by atoms with Crippen LogP contribution in [-0.4, -0.2) is 30.2 Å². The normalized spacial score (nSPS) is 14.8. The van der Waals surface area contributed by atoms with Crippen LogP contribution in [-0.2, 0) is 10.3 Å². The maximum absolute atomic E-state index is 12.0. The van der Waals surface area contributed by atoms with E-state index in [0.29, 0.717) is 13.0 Å². The summed E-state index contributed by atoms with van der Waals surface area (Å²) in [5.41, 5.74) is 0.654. The average molecular weight is 323 g/mol. The SMILES string of the molecule is CC[C@](C)(NCCCNC(=O)C(F)(F)F)c1nc(C)cs1. The van der Waals surface area contributed by atoms with Crippen molar-refractivity contribution in [1.29, 1.82) is 0 Å². The van der Waals surface area contributed by atoms with Crippen molar-refractivity contribution in [2.75, 3.05) is 13.1 Å². The Morgan fingerprint density at radius 2 is 2.05 bits per heavy atom. The number of aryl methyl sites for hydroxylation is 1. The van der Waals surface area contributed by atoms with Crippen LogP contribution >= 0.6 is 11.3 Å². The lowest BCUT2D eigenvalue weighted by Crippen LogP contribution is -2.41. The first-order valence-electron chi connectivity index (χ1n) is 6.71. The zero-order valence-electron chi connectivity index (χ0n) is 12.3. The predicted molar refractivity (Wildman–Crippen MR) is 76.2 cm³/mol. The molecule has 8 heteroatoms. The van der Waals surface area contributed by atoms with Gasteiger partial charge in [0.25, 0.3) is 0 Å². The number of halogens is 3. The van der Waals surface area contributed by atoms with Crippen LogP contribution in [0.4, 0.5) is 13.2 Å². The van der Waals surface area contributed by atoms with Crippen LogP contribution in [0.15, 0.2) is 5.38 Å². The summed E-state index contributed by atoms with van der Waals surface area (Å²) < 4.78 is 36.0. The number of carbonyl (C=O) groups excluding carboxylic acids is 1. The molecule has 0 unspecified atom stereocenters. The first kappa shape index (κ1) is 17.9. The Balaban J connectivity index is 2.38. The van der Waals surface area contributed by atoms with Gasteiger partial charge in [-0.1, -0.05) is 6.92 Å². The molecule has 0 saturated carbocycles. The molecule has 1 aromatic heterocycles. The molecule has 120 valence electrons. The minimum atomic E-state index is -4.82. The number of alkyl halides is 3. The Morgan fingerprint density at radius 1 is 1.38 bits per heavy atom. The third-order valence-corrected chi connectivity index (χ3v) is 4.43. The molecule has 0 spiro atoms. The molecule has 0 aliphatic heterocycles. The van der Waals surface area contributed by atoms with Crippen molar-refractivity contribution in [3.63, 3.8) is 0 Å². The number of thiazole rings is 1. The molecule has 0 aliphatic rings. The van der Waals surface area contributed by atoms with E-state index in [9.17, 15) is 18.0 Å². The lowest BCUT2D eigenvalue weighted by atomic mass is 10.00. The molecule has 1 rings (SSSR count). The summed E-state index contributed by atoms with van der Waals surface area (Å²) in [6, 6.07) is 0. The molecule has 1 heterocycles. The Morgan fingerprint density at radius 3 is 2.52 bits per heavy atom. The summed E-state index contributed by atoms with van der Waals surface area (Å²) in [6.07, 6.45) is -3.58. The average Bonchev–Trinajstić information content (AvgIpc) is 2.84. The smallest absolute Gasteiger partial charge is 0.348 e. The van der Waals surface area contributed by atoms with E-state index in [2.05, 4.69) is 10.3 Å². The van der Waals surface area contributed by atoms with Gasteiger partial charge in [0.15, 0.2) is 0 Å². The third-order valence-electron chi connectivity index (χ3n) is 3.21. The van der Waals surface area contributed by atoms with E-state index >= 15 is 0 Å². The summed E-state index contributed by atoms with van der Waals surface area (Å²) >= 11 is 1.56. The Kier molecular flexibility index (Phi) is 6.15. The molecule has 0 aromatic carbocycles. The third kappa shape index (κ3) is 5.28. The van der Waals surface area contributed by atoms with E-state index in [4.69, 9.17) is 0 Å². The second-order valence-electron chi connectivity index (χ2n) is 5.01. The number of hydrogen-bond donors (Lipinski definition) is 2. The van der Waals surface area contributed by atoms with Crippen molar-refractivity contribution in [2.45, 2.75) is 45.3 Å². The monoisotopic (exact) mass is 323 g/mol. The minimum absolute atomic E-state index is 0.0119. The molecule has 0 radical (unpaired) electrons. The van der Waals surface area contributed by atoms with Gasteiger partial charge in [-0.05, 0) is 33.2 Å². The summed E-state index contributed by atoms with van der Waals surface area (Å²) in [7, 11) is 0. The Bertz CT molecular complexity index is 475. The van der Waals surface area contributed by atoms with Crippen LogP contribution in [0.1, 0.15) is 37.4 Å². The second-order valence-corrected chi connectivity index (χ2v) is 5.87. The van der Waals surface area contributed by atoms with Gasteiger partial charge in [0.1, 0.15) is 5.01 Å². The van der Waals surface area contributed by atoms with Crippen LogP contribution in [0.3, 0.4) is 0 Å². The number of rotatable bonds is 7. The number of nitrogens with one attached hydrogen (secondary N) is 2. The number of hydrogen-bond acceptors (Lipinski definition) is 4. The first-order chi connectivity index (χ1) is 9.69.